The van der Waals surface area contributed by atoms with Gasteiger partial charge in [-0.05, 0) is 42.7 Å². The highest BCUT2D eigenvalue weighted by molar-refractivity contribution is 7.15. The smallest absolute Gasteiger partial charge is 0.0412 e. The molecule has 1 atom stereocenters. The van der Waals surface area contributed by atoms with E-state index >= 15 is 0 Å². The minimum absolute atomic E-state index is 0.591. The topological polar surface area (TPSA) is 12.0 Å². The van der Waals surface area contributed by atoms with Crippen LogP contribution in [0.25, 0.3) is 10.4 Å². The Bertz CT molecular complexity index is 547. The summed E-state index contributed by atoms with van der Waals surface area (Å²) in [5, 5.41) is 4.30. The van der Waals surface area contributed by atoms with Gasteiger partial charge < -0.3 is 5.32 Å². The van der Waals surface area contributed by atoms with Crippen molar-refractivity contribution in [3.63, 3.8) is 0 Å². The van der Waals surface area contributed by atoms with Crippen molar-refractivity contribution in [2.75, 3.05) is 0 Å². The first-order valence-corrected chi connectivity index (χ1v) is 7.03. The van der Waals surface area contributed by atoms with E-state index in [1.165, 1.54) is 20.9 Å². The van der Waals surface area contributed by atoms with Crippen LogP contribution >= 0.6 is 22.9 Å². The van der Waals surface area contributed by atoms with Crippen LogP contribution in [-0.2, 0) is 13.0 Å². The predicted octanol–water partition coefficient (Wildman–Crippen LogP) is 4.10. The van der Waals surface area contributed by atoms with Crippen LogP contribution in [-0.4, -0.2) is 6.04 Å². The van der Waals surface area contributed by atoms with Gasteiger partial charge in [0.15, 0.2) is 0 Å². The van der Waals surface area contributed by atoms with E-state index in [4.69, 9.17) is 11.6 Å². The first-order chi connectivity index (χ1) is 8.22. The molecule has 1 aliphatic rings. The zero-order valence-electron chi connectivity index (χ0n) is 9.66. The van der Waals surface area contributed by atoms with Gasteiger partial charge in [0.05, 0.1) is 0 Å². The molecule has 3 heteroatoms. The van der Waals surface area contributed by atoms with Gasteiger partial charge in [0.25, 0.3) is 0 Å². The Labute approximate surface area is 110 Å². The molecule has 1 aromatic carbocycles. The zero-order valence-corrected chi connectivity index (χ0v) is 11.2. The largest absolute Gasteiger partial charge is 0.310 e. The van der Waals surface area contributed by atoms with Crippen LogP contribution in [0.15, 0.2) is 30.3 Å². The van der Waals surface area contributed by atoms with E-state index in [9.17, 15) is 0 Å². The lowest BCUT2D eigenvalue weighted by Crippen LogP contribution is -2.31. The fourth-order valence-corrected chi connectivity index (χ4v) is 3.70. The molecule has 0 amide bonds. The Hall–Kier alpha value is -0.830. The Morgan fingerprint density at radius 2 is 2.24 bits per heavy atom. The second-order valence-corrected chi connectivity index (χ2v) is 6.13. The Balaban J connectivity index is 2.00. The summed E-state index contributed by atoms with van der Waals surface area (Å²) in [5.41, 5.74) is 2.67. The van der Waals surface area contributed by atoms with Crippen molar-refractivity contribution in [1.82, 2.24) is 5.32 Å². The SMILES string of the molecule is CC1Cc2sc(-c3cccc(Cl)c3)cc2CN1. The number of halogens is 1. The molecule has 0 spiro atoms. The monoisotopic (exact) mass is 263 g/mol. The van der Waals surface area contributed by atoms with Crippen LogP contribution in [0, 0.1) is 0 Å². The van der Waals surface area contributed by atoms with Crippen LogP contribution in [0.1, 0.15) is 17.4 Å². The van der Waals surface area contributed by atoms with E-state index in [2.05, 4.69) is 24.4 Å². The molecule has 0 fully saturated rings. The van der Waals surface area contributed by atoms with Gasteiger partial charge in [-0.1, -0.05) is 23.7 Å². The predicted molar refractivity (Wildman–Crippen MR) is 74.8 cm³/mol. The molecular weight excluding hydrogens is 250 g/mol. The summed E-state index contributed by atoms with van der Waals surface area (Å²) < 4.78 is 0. The van der Waals surface area contributed by atoms with Crippen molar-refractivity contribution < 1.29 is 0 Å². The normalized spacial score (nSPS) is 19.1. The van der Waals surface area contributed by atoms with Crippen LogP contribution < -0.4 is 5.32 Å². The van der Waals surface area contributed by atoms with Crippen molar-refractivity contribution in [1.29, 1.82) is 0 Å². The van der Waals surface area contributed by atoms with E-state index in [0.717, 1.165) is 18.0 Å². The molecule has 0 saturated carbocycles. The third kappa shape index (κ3) is 2.25. The van der Waals surface area contributed by atoms with E-state index in [-0.39, 0.29) is 0 Å². The third-order valence-electron chi connectivity index (χ3n) is 3.14. The molecule has 0 aliphatic carbocycles. The molecule has 0 bridgehead atoms. The van der Waals surface area contributed by atoms with Gasteiger partial charge in [-0.25, -0.2) is 0 Å². The summed E-state index contributed by atoms with van der Waals surface area (Å²) in [4.78, 5) is 2.85. The molecule has 1 unspecified atom stereocenters. The first kappa shape index (κ1) is 11.3. The average Bonchev–Trinajstić information content (AvgIpc) is 2.72. The van der Waals surface area contributed by atoms with Gasteiger partial charge in [-0.3, -0.25) is 0 Å². The summed E-state index contributed by atoms with van der Waals surface area (Å²) in [6.07, 6.45) is 1.14. The molecular formula is C14H14ClNS. The lowest BCUT2D eigenvalue weighted by atomic mass is 10.0. The Morgan fingerprint density at radius 3 is 3.06 bits per heavy atom. The van der Waals surface area contributed by atoms with E-state index in [1.807, 2.05) is 29.5 Å². The van der Waals surface area contributed by atoms with Crippen LogP contribution in [0.5, 0.6) is 0 Å². The lowest BCUT2D eigenvalue weighted by molar-refractivity contribution is 0.520. The molecule has 1 aliphatic heterocycles. The Kier molecular flexibility index (Phi) is 2.95. The first-order valence-electron chi connectivity index (χ1n) is 5.83. The second kappa shape index (κ2) is 4.45. The van der Waals surface area contributed by atoms with Crippen molar-refractivity contribution >= 4 is 22.9 Å². The highest BCUT2D eigenvalue weighted by Gasteiger charge is 2.17. The zero-order chi connectivity index (χ0) is 11.8. The number of nitrogens with one attached hydrogen (secondary N) is 1. The highest BCUT2D eigenvalue weighted by Crippen LogP contribution is 2.34. The van der Waals surface area contributed by atoms with Crippen LogP contribution in [0.4, 0.5) is 0 Å². The number of hydrogen-bond acceptors (Lipinski definition) is 2. The summed E-state index contributed by atoms with van der Waals surface area (Å²) in [6.45, 7) is 3.23. The molecule has 2 heterocycles. The molecule has 1 aromatic heterocycles. The number of fused-ring (bicyclic) bond motifs is 1. The second-order valence-electron chi connectivity index (χ2n) is 4.56. The fourth-order valence-electron chi connectivity index (χ4n) is 2.21. The van der Waals surface area contributed by atoms with Gasteiger partial charge in [-0.2, -0.15) is 0 Å². The maximum Gasteiger partial charge on any atom is 0.0412 e. The number of benzene rings is 1. The summed E-state index contributed by atoms with van der Waals surface area (Å²) in [7, 11) is 0. The van der Waals surface area contributed by atoms with Gasteiger partial charge in [0.1, 0.15) is 0 Å². The number of thiophene rings is 1. The molecule has 1 N–H and O–H groups in total. The molecule has 0 saturated heterocycles. The van der Waals surface area contributed by atoms with Crippen molar-refractivity contribution in [3.8, 4) is 10.4 Å². The van der Waals surface area contributed by atoms with E-state index in [1.54, 1.807) is 0 Å². The van der Waals surface area contributed by atoms with Gasteiger partial charge in [-0.15, -0.1) is 11.3 Å². The molecule has 1 nitrogen and oxygen atoms in total. The van der Waals surface area contributed by atoms with Gasteiger partial charge in [0.2, 0.25) is 0 Å². The summed E-state index contributed by atoms with van der Waals surface area (Å²) in [5.74, 6) is 0. The minimum atomic E-state index is 0.591. The van der Waals surface area contributed by atoms with Crippen LogP contribution in [0.3, 0.4) is 0 Å². The van der Waals surface area contributed by atoms with Crippen molar-refractivity contribution in [2.45, 2.75) is 25.9 Å². The number of rotatable bonds is 1. The molecule has 17 heavy (non-hydrogen) atoms. The average molecular weight is 264 g/mol. The molecule has 2 aromatic rings. The maximum atomic E-state index is 6.04. The molecule has 3 rings (SSSR count). The van der Waals surface area contributed by atoms with E-state index in [0.29, 0.717) is 6.04 Å². The fraction of sp³-hybridized carbons (Fsp3) is 0.286. The third-order valence-corrected chi connectivity index (χ3v) is 4.62. The highest BCUT2D eigenvalue weighted by atomic mass is 35.5. The van der Waals surface area contributed by atoms with Gasteiger partial charge >= 0.3 is 0 Å². The van der Waals surface area contributed by atoms with Crippen molar-refractivity contribution in [2.24, 2.45) is 0 Å². The lowest BCUT2D eigenvalue weighted by Gasteiger charge is -2.19. The summed E-state index contributed by atoms with van der Waals surface area (Å²) >= 11 is 7.94. The minimum Gasteiger partial charge on any atom is -0.310 e. The Morgan fingerprint density at radius 1 is 1.35 bits per heavy atom. The molecule has 0 radical (unpaired) electrons. The standard InChI is InChI=1S/C14H14ClNS/c1-9-5-13-11(8-16-9)7-14(17-13)10-3-2-4-12(15)6-10/h2-4,6-7,9,16H,5,8H2,1H3. The van der Waals surface area contributed by atoms with E-state index < -0.39 is 0 Å². The summed E-state index contributed by atoms with van der Waals surface area (Å²) in [6, 6.07) is 11.0. The van der Waals surface area contributed by atoms with Crippen molar-refractivity contribution in [3.05, 3.63) is 45.8 Å². The quantitative estimate of drug-likeness (QED) is 0.817. The number of hydrogen-bond donors (Lipinski definition) is 1. The van der Waals surface area contributed by atoms with Crippen LogP contribution in [0.2, 0.25) is 5.02 Å². The maximum absolute atomic E-state index is 6.04. The van der Waals surface area contributed by atoms with Gasteiger partial charge in [0, 0.05) is 27.4 Å². The molecule has 88 valence electrons.